The maximum atomic E-state index is 6.03. The Morgan fingerprint density at radius 3 is 2.53 bits per heavy atom. The van der Waals surface area contributed by atoms with Gasteiger partial charge in [0.15, 0.2) is 0 Å². The zero-order chi connectivity index (χ0) is 10.7. The molecule has 1 aliphatic rings. The van der Waals surface area contributed by atoms with Crippen LogP contribution in [0.25, 0.3) is 0 Å². The van der Waals surface area contributed by atoms with E-state index in [-0.39, 0.29) is 6.10 Å². The molecule has 1 aliphatic carbocycles. The van der Waals surface area contributed by atoms with Crippen LogP contribution in [-0.2, 0) is 0 Å². The SMILES string of the molecule is Cc1cccc(C)c1OC1C=CCCC1. The topological polar surface area (TPSA) is 9.23 Å². The minimum Gasteiger partial charge on any atom is -0.486 e. The Morgan fingerprint density at radius 2 is 1.93 bits per heavy atom. The smallest absolute Gasteiger partial charge is 0.126 e. The summed E-state index contributed by atoms with van der Waals surface area (Å²) >= 11 is 0. The fourth-order valence-corrected chi connectivity index (χ4v) is 2.02. The fourth-order valence-electron chi connectivity index (χ4n) is 2.02. The summed E-state index contributed by atoms with van der Waals surface area (Å²) in [5.41, 5.74) is 2.46. The van der Waals surface area contributed by atoms with Crippen molar-refractivity contribution in [2.24, 2.45) is 0 Å². The van der Waals surface area contributed by atoms with Gasteiger partial charge in [-0.05, 0) is 50.3 Å². The molecule has 1 unspecified atom stereocenters. The molecular formula is C14H18O. The third-order valence-corrected chi connectivity index (χ3v) is 2.89. The Hall–Kier alpha value is -1.24. The van der Waals surface area contributed by atoms with Crippen molar-refractivity contribution in [1.82, 2.24) is 0 Å². The number of aryl methyl sites for hydroxylation is 2. The van der Waals surface area contributed by atoms with Crippen LogP contribution in [-0.4, -0.2) is 6.10 Å². The molecule has 0 saturated carbocycles. The molecule has 80 valence electrons. The van der Waals surface area contributed by atoms with Crippen LogP contribution in [0, 0.1) is 13.8 Å². The highest BCUT2D eigenvalue weighted by Gasteiger charge is 2.12. The minimum atomic E-state index is 0.276. The van der Waals surface area contributed by atoms with Crippen molar-refractivity contribution in [2.45, 2.75) is 39.2 Å². The van der Waals surface area contributed by atoms with E-state index in [0.29, 0.717) is 0 Å². The third kappa shape index (κ3) is 2.41. The van der Waals surface area contributed by atoms with Gasteiger partial charge in [0.1, 0.15) is 11.9 Å². The first-order valence-electron chi connectivity index (χ1n) is 5.67. The van der Waals surface area contributed by atoms with Crippen LogP contribution in [0.5, 0.6) is 5.75 Å². The third-order valence-electron chi connectivity index (χ3n) is 2.89. The number of ether oxygens (including phenoxy) is 1. The van der Waals surface area contributed by atoms with Gasteiger partial charge in [0.25, 0.3) is 0 Å². The maximum Gasteiger partial charge on any atom is 0.126 e. The summed E-state index contributed by atoms with van der Waals surface area (Å²) in [7, 11) is 0. The standard InChI is InChI=1S/C14H18O/c1-11-7-6-8-12(2)14(11)15-13-9-4-3-5-10-13/h4,6-9,13H,3,5,10H2,1-2H3. The second kappa shape index (κ2) is 4.52. The van der Waals surface area contributed by atoms with Crippen LogP contribution in [0.15, 0.2) is 30.4 Å². The molecule has 1 aromatic carbocycles. The van der Waals surface area contributed by atoms with E-state index in [9.17, 15) is 0 Å². The molecule has 2 rings (SSSR count). The van der Waals surface area contributed by atoms with Crippen LogP contribution >= 0.6 is 0 Å². The number of hydrogen-bond donors (Lipinski definition) is 0. The molecule has 1 heteroatoms. The van der Waals surface area contributed by atoms with Crippen molar-refractivity contribution in [1.29, 1.82) is 0 Å². The summed E-state index contributed by atoms with van der Waals surface area (Å²) in [6.45, 7) is 4.21. The number of benzene rings is 1. The van der Waals surface area contributed by atoms with Gasteiger partial charge in [-0.2, -0.15) is 0 Å². The van der Waals surface area contributed by atoms with E-state index < -0.39 is 0 Å². The van der Waals surface area contributed by atoms with E-state index in [1.165, 1.54) is 24.0 Å². The highest BCUT2D eigenvalue weighted by Crippen LogP contribution is 2.26. The molecule has 0 N–H and O–H groups in total. The Kier molecular flexibility index (Phi) is 3.10. The number of rotatable bonds is 2. The number of para-hydroxylation sites is 1. The Morgan fingerprint density at radius 1 is 1.20 bits per heavy atom. The predicted octanol–water partition coefficient (Wildman–Crippen LogP) is 3.79. The molecule has 15 heavy (non-hydrogen) atoms. The Bertz CT molecular complexity index is 345. The molecule has 0 aromatic heterocycles. The van der Waals surface area contributed by atoms with E-state index >= 15 is 0 Å². The summed E-state index contributed by atoms with van der Waals surface area (Å²) in [6, 6.07) is 6.29. The van der Waals surface area contributed by atoms with Gasteiger partial charge in [0.05, 0.1) is 0 Å². The van der Waals surface area contributed by atoms with E-state index in [0.717, 1.165) is 12.2 Å². The van der Waals surface area contributed by atoms with Gasteiger partial charge in [-0.15, -0.1) is 0 Å². The molecule has 0 aliphatic heterocycles. The first-order chi connectivity index (χ1) is 7.27. The summed E-state index contributed by atoms with van der Waals surface area (Å²) in [6.07, 6.45) is 8.28. The van der Waals surface area contributed by atoms with Crippen molar-refractivity contribution in [2.75, 3.05) is 0 Å². The molecule has 0 heterocycles. The van der Waals surface area contributed by atoms with Crippen LogP contribution in [0.3, 0.4) is 0 Å². The second-order valence-electron chi connectivity index (χ2n) is 4.24. The zero-order valence-corrected chi connectivity index (χ0v) is 9.49. The van der Waals surface area contributed by atoms with Crippen LogP contribution in [0.2, 0.25) is 0 Å². The van der Waals surface area contributed by atoms with Crippen molar-refractivity contribution in [3.05, 3.63) is 41.5 Å². The summed E-state index contributed by atoms with van der Waals surface area (Å²) in [5.74, 6) is 1.06. The molecule has 1 nitrogen and oxygen atoms in total. The van der Waals surface area contributed by atoms with Gasteiger partial charge in [-0.25, -0.2) is 0 Å². The van der Waals surface area contributed by atoms with Gasteiger partial charge in [-0.3, -0.25) is 0 Å². The first kappa shape index (κ1) is 10.3. The fraction of sp³-hybridized carbons (Fsp3) is 0.429. The highest BCUT2D eigenvalue weighted by atomic mass is 16.5. The Labute approximate surface area is 91.8 Å². The average molecular weight is 202 g/mol. The predicted molar refractivity (Wildman–Crippen MR) is 63.3 cm³/mol. The lowest BCUT2D eigenvalue weighted by Gasteiger charge is -2.21. The van der Waals surface area contributed by atoms with Gasteiger partial charge in [0, 0.05) is 0 Å². The average Bonchev–Trinajstić information content (AvgIpc) is 2.25. The van der Waals surface area contributed by atoms with Crippen LogP contribution < -0.4 is 4.74 Å². The molecule has 1 atom stereocenters. The lowest BCUT2D eigenvalue weighted by Crippen LogP contribution is -2.16. The second-order valence-corrected chi connectivity index (χ2v) is 4.24. The molecular weight excluding hydrogens is 184 g/mol. The van der Waals surface area contributed by atoms with Crippen LogP contribution in [0.4, 0.5) is 0 Å². The zero-order valence-electron chi connectivity index (χ0n) is 9.49. The van der Waals surface area contributed by atoms with Crippen molar-refractivity contribution >= 4 is 0 Å². The number of allylic oxidation sites excluding steroid dienone is 1. The number of hydrogen-bond acceptors (Lipinski definition) is 1. The normalized spacial score (nSPS) is 20.3. The monoisotopic (exact) mass is 202 g/mol. The molecule has 0 bridgehead atoms. The summed E-state index contributed by atoms with van der Waals surface area (Å²) in [4.78, 5) is 0. The van der Waals surface area contributed by atoms with Gasteiger partial charge in [-0.1, -0.05) is 24.3 Å². The van der Waals surface area contributed by atoms with E-state index in [4.69, 9.17) is 4.74 Å². The van der Waals surface area contributed by atoms with Crippen molar-refractivity contribution < 1.29 is 4.74 Å². The lowest BCUT2D eigenvalue weighted by atomic mass is 10.0. The van der Waals surface area contributed by atoms with Gasteiger partial charge >= 0.3 is 0 Å². The molecule has 0 amide bonds. The van der Waals surface area contributed by atoms with Gasteiger partial charge in [0.2, 0.25) is 0 Å². The molecule has 0 fully saturated rings. The lowest BCUT2D eigenvalue weighted by molar-refractivity contribution is 0.227. The van der Waals surface area contributed by atoms with E-state index in [2.05, 4.69) is 44.2 Å². The summed E-state index contributed by atoms with van der Waals surface area (Å²) < 4.78 is 6.03. The highest BCUT2D eigenvalue weighted by molar-refractivity contribution is 5.40. The molecule has 1 aromatic rings. The molecule has 0 radical (unpaired) electrons. The Balaban J connectivity index is 2.16. The first-order valence-corrected chi connectivity index (χ1v) is 5.67. The molecule has 0 spiro atoms. The molecule has 0 saturated heterocycles. The largest absolute Gasteiger partial charge is 0.486 e. The summed E-state index contributed by atoms with van der Waals surface area (Å²) in [5, 5.41) is 0. The van der Waals surface area contributed by atoms with Crippen molar-refractivity contribution in [3.63, 3.8) is 0 Å². The quantitative estimate of drug-likeness (QED) is 0.663. The maximum absolute atomic E-state index is 6.03. The van der Waals surface area contributed by atoms with Gasteiger partial charge < -0.3 is 4.74 Å². The van der Waals surface area contributed by atoms with Crippen LogP contribution in [0.1, 0.15) is 30.4 Å². The van der Waals surface area contributed by atoms with E-state index in [1.807, 2.05) is 0 Å². The van der Waals surface area contributed by atoms with E-state index in [1.54, 1.807) is 0 Å². The minimum absolute atomic E-state index is 0.276. The van der Waals surface area contributed by atoms with Crippen molar-refractivity contribution in [3.8, 4) is 5.75 Å².